The molecule has 1 saturated carbocycles. The van der Waals surface area contributed by atoms with E-state index in [-0.39, 0.29) is 0 Å². The molecule has 2 heteroatoms. The zero-order chi connectivity index (χ0) is 10.1. The quantitative estimate of drug-likeness (QED) is 0.752. The molecule has 1 aromatic carbocycles. The summed E-state index contributed by atoms with van der Waals surface area (Å²) in [6, 6.07) is 6.50. The molecular formula is C12H14ClN. The highest BCUT2D eigenvalue weighted by molar-refractivity contribution is 6.32. The second-order valence-corrected chi connectivity index (χ2v) is 4.40. The molecule has 0 aromatic heterocycles. The van der Waals surface area contributed by atoms with Gasteiger partial charge in [-0.15, -0.1) is 0 Å². The van der Waals surface area contributed by atoms with Gasteiger partial charge in [0.15, 0.2) is 0 Å². The molecule has 0 atom stereocenters. The van der Waals surface area contributed by atoms with E-state index in [1.807, 2.05) is 13.0 Å². The maximum absolute atomic E-state index is 6.12. The van der Waals surface area contributed by atoms with E-state index in [0.29, 0.717) is 6.04 Å². The lowest BCUT2D eigenvalue weighted by molar-refractivity contribution is 0.547. The van der Waals surface area contributed by atoms with Crippen molar-refractivity contribution in [3.63, 3.8) is 0 Å². The predicted molar refractivity (Wildman–Crippen MR) is 61.4 cm³/mol. The average Bonchev–Trinajstić information content (AvgIpc) is 2.06. The van der Waals surface area contributed by atoms with Crippen LogP contribution in [0.5, 0.6) is 0 Å². The van der Waals surface area contributed by atoms with Gasteiger partial charge in [0, 0.05) is 11.1 Å². The molecule has 2 N–H and O–H groups in total. The van der Waals surface area contributed by atoms with Crippen LogP contribution in [0.15, 0.2) is 23.8 Å². The summed E-state index contributed by atoms with van der Waals surface area (Å²) in [5.74, 6) is 0. The van der Waals surface area contributed by atoms with Crippen LogP contribution in [0.4, 0.5) is 0 Å². The minimum Gasteiger partial charge on any atom is -0.327 e. The lowest BCUT2D eigenvalue weighted by Crippen LogP contribution is -2.29. The van der Waals surface area contributed by atoms with E-state index < -0.39 is 0 Å². The molecule has 0 bridgehead atoms. The van der Waals surface area contributed by atoms with E-state index in [1.54, 1.807) is 0 Å². The minimum atomic E-state index is 0.366. The van der Waals surface area contributed by atoms with E-state index in [1.165, 1.54) is 11.1 Å². The molecule has 74 valence electrons. The Balaban J connectivity index is 2.21. The number of rotatable bonds is 1. The Kier molecular flexibility index (Phi) is 2.62. The Morgan fingerprint density at radius 1 is 1.43 bits per heavy atom. The number of aryl methyl sites for hydroxylation is 1. The third-order valence-electron chi connectivity index (χ3n) is 2.56. The predicted octanol–water partition coefficient (Wildman–Crippen LogP) is 3.15. The van der Waals surface area contributed by atoms with Gasteiger partial charge in [-0.2, -0.15) is 0 Å². The first-order valence-electron chi connectivity index (χ1n) is 4.86. The molecule has 0 spiro atoms. The first-order valence-corrected chi connectivity index (χ1v) is 5.24. The molecule has 14 heavy (non-hydrogen) atoms. The summed E-state index contributed by atoms with van der Waals surface area (Å²) in [4.78, 5) is 0. The Bertz CT molecular complexity index is 374. The average molecular weight is 208 g/mol. The lowest BCUT2D eigenvalue weighted by Gasteiger charge is -2.25. The zero-order valence-electron chi connectivity index (χ0n) is 8.26. The van der Waals surface area contributed by atoms with Gasteiger partial charge in [0.05, 0.1) is 0 Å². The third kappa shape index (κ3) is 1.99. The number of hydrogen-bond acceptors (Lipinski definition) is 1. The van der Waals surface area contributed by atoms with Crippen LogP contribution >= 0.6 is 11.6 Å². The van der Waals surface area contributed by atoms with Gasteiger partial charge in [-0.25, -0.2) is 0 Å². The van der Waals surface area contributed by atoms with Gasteiger partial charge in [-0.3, -0.25) is 0 Å². The molecule has 0 radical (unpaired) electrons. The maximum atomic E-state index is 6.12. The van der Waals surface area contributed by atoms with E-state index >= 15 is 0 Å². The second-order valence-electron chi connectivity index (χ2n) is 4.00. The van der Waals surface area contributed by atoms with Crippen molar-refractivity contribution in [3.8, 4) is 0 Å². The van der Waals surface area contributed by atoms with Gasteiger partial charge in [0.25, 0.3) is 0 Å². The fraction of sp³-hybridized carbons (Fsp3) is 0.333. The Morgan fingerprint density at radius 3 is 2.71 bits per heavy atom. The van der Waals surface area contributed by atoms with Crippen molar-refractivity contribution >= 4 is 17.7 Å². The van der Waals surface area contributed by atoms with Crippen LogP contribution in [-0.2, 0) is 0 Å². The summed E-state index contributed by atoms with van der Waals surface area (Å²) in [5.41, 5.74) is 9.42. The lowest BCUT2D eigenvalue weighted by atomic mass is 9.86. The fourth-order valence-electron chi connectivity index (χ4n) is 1.70. The molecule has 0 unspecified atom stereocenters. The van der Waals surface area contributed by atoms with E-state index in [9.17, 15) is 0 Å². The highest BCUT2D eigenvalue weighted by Gasteiger charge is 2.18. The Labute approximate surface area is 89.6 Å². The number of halogens is 1. The highest BCUT2D eigenvalue weighted by atomic mass is 35.5. The van der Waals surface area contributed by atoms with Crippen LogP contribution in [0.2, 0.25) is 5.02 Å². The summed E-state index contributed by atoms with van der Waals surface area (Å²) in [5, 5.41) is 0.831. The van der Waals surface area contributed by atoms with Crippen molar-refractivity contribution in [1.29, 1.82) is 0 Å². The van der Waals surface area contributed by atoms with Crippen molar-refractivity contribution < 1.29 is 0 Å². The summed E-state index contributed by atoms with van der Waals surface area (Å²) in [6.07, 6.45) is 4.19. The molecule has 0 aliphatic heterocycles. The zero-order valence-corrected chi connectivity index (χ0v) is 9.01. The topological polar surface area (TPSA) is 26.0 Å². The fourth-order valence-corrected chi connectivity index (χ4v) is 1.99. The van der Waals surface area contributed by atoms with E-state index in [2.05, 4.69) is 18.2 Å². The van der Waals surface area contributed by atoms with Crippen molar-refractivity contribution in [2.45, 2.75) is 25.8 Å². The van der Waals surface area contributed by atoms with Crippen LogP contribution in [0.3, 0.4) is 0 Å². The SMILES string of the molecule is Cc1ccc(C=C2CC(N)C2)c(Cl)c1. The molecule has 1 aliphatic carbocycles. The summed E-state index contributed by atoms with van der Waals surface area (Å²) in [6.45, 7) is 2.04. The summed E-state index contributed by atoms with van der Waals surface area (Å²) < 4.78 is 0. The van der Waals surface area contributed by atoms with E-state index in [4.69, 9.17) is 17.3 Å². The van der Waals surface area contributed by atoms with Gasteiger partial charge in [0.2, 0.25) is 0 Å². The van der Waals surface area contributed by atoms with Gasteiger partial charge >= 0.3 is 0 Å². The van der Waals surface area contributed by atoms with Crippen molar-refractivity contribution in [2.24, 2.45) is 5.73 Å². The third-order valence-corrected chi connectivity index (χ3v) is 2.89. The molecule has 0 saturated heterocycles. The monoisotopic (exact) mass is 207 g/mol. The van der Waals surface area contributed by atoms with Gasteiger partial charge in [0.1, 0.15) is 0 Å². The normalized spacial score (nSPS) is 20.5. The molecule has 1 aromatic rings. The molecule has 1 aliphatic rings. The molecule has 1 fully saturated rings. The number of hydrogen-bond donors (Lipinski definition) is 1. The van der Waals surface area contributed by atoms with Gasteiger partial charge in [-0.1, -0.05) is 35.4 Å². The molecule has 0 amide bonds. The smallest absolute Gasteiger partial charge is 0.0480 e. The van der Waals surface area contributed by atoms with Crippen molar-refractivity contribution in [1.82, 2.24) is 0 Å². The molecule has 1 nitrogen and oxygen atoms in total. The highest BCUT2D eigenvalue weighted by Crippen LogP contribution is 2.29. The van der Waals surface area contributed by atoms with Gasteiger partial charge in [-0.05, 0) is 37.0 Å². The van der Waals surface area contributed by atoms with E-state index in [0.717, 1.165) is 23.4 Å². The van der Waals surface area contributed by atoms with Gasteiger partial charge < -0.3 is 5.73 Å². The number of benzene rings is 1. The van der Waals surface area contributed by atoms with Crippen LogP contribution in [0.1, 0.15) is 24.0 Å². The Hall–Kier alpha value is -0.790. The molecule has 2 rings (SSSR count). The molecule has 0 heterocycles. The standard InChI is InChI=1S/C12H14ClN/c1-8-2-3-10(12(13)4-8)5-9-6-11(14)7-9/h2-5,11H,6-7,14H2,1H3. The maximum Gasteiger partial charge on any atom is 0.0480 e. The second kappa shape index (κ2) is 3.76. The van der Waals surface area contributed by atoms with Crippen molar-refractivity contribution in [2.75, 3.05) is 0 Å². The number of nitrogens with two attached hydrogens (primary N) is 1. The van der Waals surface area contributed by atoms with Crippen LogP contribution in [0.25, 0.3) is 6.08 Å². The largest absolute Gasteiger partial charge is 0.327 e. The summed E-state index contributed by atoms with van der Waals surface area (Å²) in [7, 11) is 0. The summed E-state index contributed by atoms with van der Waals surface area (Å²) >= 11 is 6.12. The van der Waals surface area contributed by atoms with Crippen LogP contribution < -0.4 is 5.73 Å². The minimum absolute atomic E-state index is 0.366. The van der Waals surface area contributed by atoms with Crippen molar-refractivity contribution in [3.05, 3.63) is 39.9 Å². The first kappa shape index (κ1) is 9.75. The van der Waals surface area contributed by atoms with Crippen LogP contribution in [-0.4, -0.2) is 6.04 Å². The van der Waals surface area contributed by atoms with Crippen LogP contribution in [0, 0.1) is 6.92 Å². The Morgan fingerprint density at radius 2 is 2.14 bits per heavy atom. The first-order chi connectivity index (χ1) is 6.65. The molecular weight excluding hydrogens is 194 g/mol.